The lowest BCUT2D eigenvalue weighted by Crippen LogP contribution is -2.48. The quantitative estimate of drug-likeness (QED) is 0.724. The number of fused-ring (bicyclic) bond motifs is 2. The third-order valence-electron chi connectivity index (χ3n) is 5.60. The predicted molar refractivity (Wildman–Crippen MR) is 123 cm³/mol. The van der Waals surface area contributed by atoms with Crippen molar-refractivity contribution in [3.63, 3.8) is 0 Å². The number of carboxylic acids is 1. The molecule has 2 aliphatic rings. The Morgan fingerprint density at radius 2 is 1.87 bits per heavy atom. The topological polar surface area (TPSA) is 77.9 Å². The number of carbonyl (C=O) groups is 1. The van der Waals surface area contributed by atoms with Gasteiger partial charge in [0.25, 0.3) is 0 Å². The molecule has 2 fully saturated rings. The SMILES string of the molecule is Cc1ccc(S(=O)(=O)N2C[C@@H]3C[C@H]2CN3c2cccc(F)c2)cc1CC(=O)O.S.S. The van der Waals surface area contributed by atoms with Crippen LogP contribution in [0.2, 0.25) is 0 Å². The lowest BCUT2D eigenvalue weighted by Gasteiger charge is -2.35. The Morgan fingerprint density at radius 3 is 2.47 bits per heavy atom. The van der Waals surface area contributed by atoms with Crippen molar-refractivity contribution in [2.24, 2.45) is 0 Å². The molecule has 164 valence electrons. The van der Waals surface area contributed by atoms with Crippen molar-refractivity contribution in [1.82, 2.24) is 4.31 Å². The molecular formula is C20H25FN2O4S3. The molecule has 2 aliphatic heterocycles. The summed E-state index contributed by atoms with van der Waals surface area (Å²) in [4.78, 5) is 13.2. The Balaban J connectivity index is 0.00000160. The van der Waals surface area contributed by atoms with Gasteiger partial charge in [-0.15, -0.1) is 0 Å². The summed E-state index contributed by atoms with van der Waals surface area (Å²) >= 11 is 0. The van der Waals surface area contributed by atoms with Gasteiger partial charge in [-0.3, -0.25) is 4.79 Å². The van der Waals surface area contributed by atoms with Crippen LogP contribution in [0.15, 0.2) is 47.4 Å². The molecule has 0 aromatic heterocycles. The molecule has 4 rings (SSSR count). The van der Waals surface area contributed by atoms with Crippen molar-refractivity contribution >= 4 is 48.7 Å². The maximum Gasteiger partial charge on any atom is 0.307 e. The molecule has 0 spiro atoms. The minimum atomic E-state index is -3.72. The van der Waals surface area contributed by atoms with Crippen molar-refractivity contribution in [1.29, 1.82) is 0 Å². The summed E-state index contributed by atoms with van der Waals surface area (Å²) < 4.78 is 41.4. The molecule has 2 bridgehead atoms. The van der Waals surface area contributed by atoms with Gasteiger partial charge in [0.05, 0.1) is 11.3 Å². The number of piperazine rings is 1. The largest absolute Gasteiger partial charge is 0.481 e. The highest BCUT2D eigenvalue weighted by Gasteiger charge is 2.48. The van der Waals surface area contributed by atoms with Gasteiger partial charge in [-0.1, -0.05) is 12.1 Å². The number of anilines is 1. The van der Waals surface area contributed by atoms with E-state index in [-0.39, 0.29) is 56.2 Å². The maximum absolute atomic E-state index is 13.5. The van der Waals surface area contributed by atoms with Crippen molar-refractivity contribution in [2.45, 2.75) is 36.7 Å². The van der Waals surface area contributed by atoms with Gasteiger partial charge < -0.3 is 10.0 Å². The molecule has 2 aromatic carbocycles. The molecule has 0 unspecified atom stereocenters. The second-order valence-electron chi connectivity index (χ2n) is 7.41. The number of benzene rings is 2. The maximum atomic E-state index is 13.5. The minimum Gasteiger partial charge on any atom is -0.481 e. The second kappa shape index (κ2) is 9.17. The van der Waals surface area contributed by atoms with Crippen LogP contribution in [0.25, 0.3) is 0 Å². The van der Waals surface area contributed by atoms with Gasteiger partial charge in [0, 0.05) is 30.9 Å². The number of rotatable bonds is 5. The fourth-order valence-corrected chi connectivity index (χ4v) is 5.91. The van der Waals surface area contributed by atoms with Gasteiger partial charge in [0.15, 0.2) is 0 Å². The van der Waals surface area contributed by atoms with Crippen molar-refractivity contribution in [3.8, 4) is 0 Å². The Kier molecular flexibility index (Phi) is 7.49. The zero-order chi connectivity index (χ0) is 20.1. The lowest BCUT2D eigenvalue weighted by atomic mass is 10.1. The zero-order valence-electron chi connectivity index (χ0n) is 16.4. The highest BCUT2D eigenvalue weighted by atomic mass is 32.2. The normalized spacial score (nSPS) is 20.5. The fraction of sp³-hybridized carbons (Fsp3) is 0.350. The summed E-state index contributed by atoms with van der Waals surface area (Å²) in [5.74, 6) is -1.31. The van der Waals surface area contributed by atoms with E-state index in [1.165, 1.54) is 28.6 Å². The van der Waals surface area contributed by atoms with Gasteiger partial charge in [-0.2, -0.15) is 31.3 Å². The zero-order valence-corrected chi connectivity index (χ0v) is 19.2. The van der Waals surface area contributed by atoms with E-state index in [2.05, 4.69) is 4.90 Å². The average Bonchev–Trinajstić information content (AvgIpc) is 3.24. The first-order valence-electron chi connectivity index (χ1n) is 9.11. The van der Waals surface area contributed by atoms with Crippen LogP contribution in [0.4, 0.5) is 10.1 Å². The average molecular weight is 473 g/mol. The Morgan fingerprint density at radius 1 is 1.13 bits per heavy atom. The Bertz CT molecular complexity index is 1050. The van der Waals surface area contributed by atoms with Crippen LogP contribution in [0.1, 0.15) is 17.5 Å². The van der Waals surface area contributed by atoms with Crippen LogP contribution in [-0.2, 0) is 21.2 Å². The van der Waals surface area contributed by atoms with E-state index in [0.717, 1.165) is 11.3 Å². The summed E-state index contributed by atoms with van der Waals surface area (Å²) in [6.07, 6.45) is 0.484. The highest BCUT2D eigenvalue weighted by molar-refractivity contribution is 7.89. The Hall–Kier alpha value is -1.75. The van der Waals surface area contributed by atoms with Gasteiger partial charge >= 0.3 is 5.97 Å². The predicted octanol–water partition coefficient (Wildman–Crippen LogP) is 2.64. The first-order valence-corrected chi connectivity index (χ1v) is 10.5. The molecule has 6 nitrogen and oxygen atoms in total. The summed E-state index contributed by atoms with van der Waals surface area (Å²) in [6, 6.07) is 10.8. The highest BCUT2D eigenvalue weighted by Crippen LogP contribution is 2.38. The van der Waals surface area contributed by atoms with Crippen LogP contribution in [0.5, 0.6) is 0 Å². The van der Waals surface area contributed by atoms with Crippen LogP contribution in [0, 0.1) is 12.7 Å². The first-order chi connectivity index (χ1) is 13.3. The van der Waals surface area contributed by atoms with E-state index in [1.807, 2.05) is 6.07 Å². The molecule has 2 atom stereocenters. The van der Waals surface area contributed by atoms with Gasteiger partial charge in [-0.05, 0) is 54.8 Å². The van der Waals surface area contributed by atoms with Crippen LogP contribution < -0.4 is 4.90 Å². The summed E-state index contributed by atoms with van der Waals surface area (Å²) in [5.41, 5.74) is 2.02. The molecule has 30 heavy (non-hydrogen) atoms. The lowest BCUT2D eigenvalue weighted by molar-refractivity contribution is -0.136. The van der Waals surface area contributed by atoms with E-state index >= 15 is 0 Å². The third kappa shape index (κ3) is 4.46. The van der Waals surface area contributed by atoms with E-state index < -0.39 is 16.0 Å². The van der Waals surface area contributed by atoms with Gasteiger partial charge in [0.1, 0.15) is 5.82 Å². The van der Waals surface area contributed by atoms with Gasteiger partial charge in [0.2, 0.25) is 10.0 Å². The monoisotopic (exact) mass is 472 g/mol. The van der Waals surface area contributed by atoms with Crippen LogP contribution >= 0.6 is 27.0 Å². The molecule has 0 amide bonds. The van der Waals surface area contributed by atoms with E-state index in [0.29, 0.717) is 25.1 Å². The third-order valence-corrected chi connectivity index (χ3v) is 7.51. The number of hydrogen-bond acceptors (Lipinski definition) is 4. The number of carboxylic acid groups (broad SMARTS) is 1. The molecular weight excluding hydrogens is 447 g/mol. The molecule has 0 radical (unpaired) electrons. The van der Waals surface area contributed by atoms with E-state index in [1.54, 1.807) is 19.1 Å². The van der Waals surface area contributed by atoms with Crippen molar-refractivity contribution < 1.29 is 22.7 Å². The standard InChI is InChI=1S/C20H21FN2O4S.2H2S/c1-13-5-6-19(7-14(13)8-20(24)25)28(26,27)23-12-17-10-18(23)11-22(17)16-4-2-3-15(21)9-16;;/h2-7,9,17-18H,8,10-12H2,1H3,(H,24,25);2*1H2/t17-,18-;;/m0../s1. The van der Waals surface area contributed by atoms with E-state index in [9.17, 15) is 17.6 Å². The molecule has 2 aromatic rings. The summed E-state index contributed by atoms with van der Waals surface area (Å²) in [6.45, 7) is 2.62. The smallest absolute Gasteiger partial charge is 0.307 e. The van der Waals surface area contributed by atoms with Gasteiger partial charge in [-0.25, -0.2) is 12.8 Å². The van der Waals surface area contributed by atoms with Crippen LogP contribution in [-0.4, -0.2) is 49.0 Å². The number of sulfonamides is 1. The van der Waals surface area contributed by atoms with Crippen LogP contribution in [0.3, 0.4) is 0 Å². The molecule has 0 saturated carbocycles. The summed E-state index contributed by atoms with van der Waals surface area (Å²) in [7, 11) is -3.72. The van der Waals surface area contributed by atoms with Crippen molar-refractivity contribution in [2.75, 3.05) is 18.0 Å². The number of nitrogens with zero attached hydrogens (tertiary/aromatic N) is 2. The molecule has 0 aliphatic carbocycles. The summed E-state index contributed by atoms with van der Waals surface area (Å²) in [5, 5.41) is 9.05. The number of halogens is 1. The first kappa shape index (κ1) is 24.5. The molecule has 2 heterocycles. The molecule has 1 N–H and O–H groups in total. The number of aliphatic carboxylic acids is 1. The van der Waals surface area contributed by atoms with Crippen molar-refractivity contribution in [3.05, 3.63) is 59.4 Å². The number of hydrogen-bond donors (Lipinski definition) is 1. The second-order valence-corrected chi connectivity index (χ2v) is 9.30. The molecule has 10 heteroatoms. The van der Waals surface area contributed by atoms with E-state index in [4.69, 9.17) is 5.11 Å². The minimum absolute atomic E-state index is 0. The Labute approximate surface area is 189 Å². The molecule has 2 saturated heterocycles. The number of aryl methyl sites for hydroxylation is 1. The fourth-order valence-electron chi connectivity index (χ4n) is 4.19.